The number of hydrogen-bond acceptors (Lipinski definition) is 9. The molecule has 0 spiro atoms. The summed E-state index contributed by atoms with van der Waals surface area (Å²) in [5.74, 6) is -0.576. The van der Waals surface area contributed by atoms with E-state index in [9.17, 15) is 19.2 Å². The van der Waals surface area contributed by atoms with Gasteiger partial charge in [0.25, 0.3) is 0 Å². The number of nitrogens with one attached hydrogen (secondary N) is 1. The van der Waals surface area contributed by atoms with E-state index in [4.69, 9.17) is 14.2 Å². The molecule has 4 aliphatic rings. The van der Waals surface area contributed by atoms with Crippen LogP contribution in [0.3, 0.4) is 0 Å². The third-order valence-electron chi connectivity index (χ3n) is 10.4. The highest BCUT2D eigenvalue weighted by atomic mass is 32.2. The Balaban J connectivity index is 1.11. The Labute approximate surface area is 285 Å². The summed E-state index contributed by atoms with van der Waals surface area (Å²) in [6.07, 6.45) is 0.787. The number of amides is 2. The average Bonchev–Trinajstić information content (AvgIpc) is 3.82. The Hall–Kier alpha value is -4.35. The molecule has 1 N–H and O–H groups in total. The van der Waals surface area contributed by atoms with Crippen molar-refractivity contribution < 1.29 is 28.6 Å². The number of esters is 1. The second kappa shape index (κ2) is 12.0. The first-order chi connectivity index (χ1) is 23.3. The monoisotopic (exact) mass is 682 g/mol. The van der Waals surface area contributed by atoms with Crippen LogP contribution in [0.15, 0.2) is 76.6 Å². The summed E-state index contributed by atoms with van der Waals surface area (Å²) in [6, 6.07) is 20.6. The number of benzene rings is 3. The summed E-state index contributed by atoms with van der Waals surface area (Å²) in [6.45, 7) is 4.45. The number of carbonyl (C=O) groups excluding carboxylic acids is 3. The summed E-state index contributed by atoms with van der Waals surface area (Å²) < 4.78 is 17.1. The maximum atomic E-state index is 14.1. The molecule has 8 rings (SSSR count). The second-order valence-corrected chi connectivity index (χ2v) is 15.1. The molecule has 2 aliphatic carbocycles. The molecule has 1 aromatic heterocycles. The number of H-pyrrole nitrogens is 1. The van der Waals surface area contributed by atoms with Crippen LogP contribution in [0.2, 0.25) is 0 Å². The van der Waals surface area contributed by atoms with Gasteiger partial charge in [-0.15, -0.1) is 11.8 Å². The molecule has 246 valence electrons. The third-order valence-corrected chi connectivity index (χ3v) is 13.0. The first-order valence-corrected chi connectivity index (χ1v) is 17.9. The van der Waals surface area contributed by atoms with Gasteiger partial charge in [-0.3, -0.25) is 19.3 Å². The number of aromatic amines is 1. The molecule has 6 unspecified atom stereocenters. The van der Waals surface area contributed by atoms with E-state index in [0.717, 1.165) is 33.0 Å². The summed E-state index contributed by atoms with van der Waals surface area (Å²) in [5.41, 5.74) is 4.05. The van der Waals surface area contributed by atoms with Crippen molar-refractivity contribution in [2.75, 3.05) is 18.6 Å². The molecule has 1 saturated heterocycles. The van der Waals surface area contributed by atoms with Crippen LogP contribution in [-0.4, -0.2) is 41.7 Å². The first-order valence-electron chi connectivity index (χ1n) is 16.2. The van der Waals surface area contributed by atoms with E-state index in [-0.39, 0.29) is 52.2 Å². The summed E-state index contributed by atoms with van der Waals surface area (Å²) in [7, 11) is 1.62. The zero-order valence-corrected chi connectivity index (χ0v) is 28.3. The molecular formula is C37H34N2O7S2. The number of ether oxygens (including phenoxy) is 3. The van der Waals surface area contributed by atoms with Gasteiger partial charge in [0.15, 0.2) is 11.5 Å². The van der Waals surface area contributed by atoms with Crippen molar-refractivity contribution in [3.05, 3.63) is 104 Å². The summed E-state index contributed by atoms with van der Waals surface area (Å²) >= 11 is 2.88. The van der Waals surface area contributed by atoms with Gasteiger partial charge in [-0.05, 0) is 85.5 Å². The normalized spacial score (nSPS) is 26.6. The number of rotatable bonds is 8. The van der Waals surface area contributed by atoms with E-state index in [1.54, 1.807) is 50.1 Å². The number of nitrogens with zero attached hydrogens (tertiary/aromatic N) is 1. The number of hydrogen-bond donors (Lipinski definition) is 1. The van der Waals surface area contributed by atoms with Crippen LogP contribution in [0, 0.1) is 36.5 Å². The van der Waals surface area contributed by atoms with Gasteiger partial charge >= 0.3 is 10.8 Å². The van der Waals surface area contributed by atoms with Gasteiger partial charge in [-0.1, -0.05) is 47.2 Å². The van der Waals surface area contributed by atoms with E-state index < -0.39 is 17.8 Å². The standard InChI is InChI=1S/C37H34N2O7S2/c1-4-45-36(42)20-8-11-22(12-9-20)39-34(40)29-23-16-24(30(29)35(39)41)31-28(23)27(32-33(47-31)38-37(43)48-32)21-10-13-25(26(15-21)44-3)46-17-19-7-5-6-18(2)14-19/h5-15,23-24,27-31H,4,16-17H2,1-3H3,(H,38,43)/t23?,24?,27-,28?,29?,30?,31?/m1/s1. The maximum absolute atomic E-state index is 14.1. The van der Waals surface area contributed by atoms with Crippen molar-refractivity contribution in [2.45, 2.75) is 43.1 Å². The molecule has 2 bridgehead atoms. The number of fused-ring (bicyclic) bond motifs is 9. The number of aryl methyl sites for hydroxylation is 1. The number of anilines is 1. The van der Waals surface area contributed by atoms with Gasteiger partial charge in [0.05, 0.1) is 41.8 Å². The lowest BCUT2D eigenvalue weighted by atomic mass is 9.68. The SMILES string of the molecule is CCOC(=O)c1ccc(N2C(=O)C3C4CC(C3C2=O)C2C4Sc3[nH]c(=O)sc3[C@@H]2c2ccc(OCc3cccc(C)c3)c(OC)c2)cc1. The molecule has 3 fully saturated rings. The molecule has 2 aliphatic heterocycles. The van der Waals surface area contributed by atoms with Gasteiger partial charge in [0, 0.05) is 16.0 Å². The van der Waals surface area contributed by atoms with Crippen LogP contribution in [0.5, 0.6) is 11.5 Å². The Bertz CT molecular complexity index is 2000. The minimum absolute atomic E-state index is 0.00635. The number of thiazole rings is 1. The summed E-state index contributed by atoms with van der Waals surface area (Å²) in [5, 5.41) is 0.910. The summed E-state index contributed by atoms with van der Waals surface area (Å²) in [4.78, 5) is 58.3. The molecule has 48 heavy (non-hydrogen) atoms. The van der Waals surface area contributed by atoms with Crippen molar-refractivity contribution in [3.8, 4) is 11.5 Å². The van der Waals surface area contributed by atoms with Crippen molar-refractivity contribution in [2.24, 2.45) is 29.6 Å². The molecule has 7 atom stereocenters. The minimum atomic E-state index is -0.446. The van der Waals surface area contributed by atoms with Crippen molar-refractivity contribution in [3.63, 3.8) is 0 Å². The predicted molar refractivity (Wildman–Crippen MR) is 182 cm³/mol. The number of methoxy groups -OCH3 is 1. The van der Waals surface area contributed by atoms with Gasteiger partial charge in [-0.2, -0.15) is 0 Å². The van der Waals surface area contributed by atoms with Gasteiger partial charge in [-0.25, -0.2) is 4.79 Å². The van der Waals surface area contributed by atoms with Crippen molar-refractivity contribution in [1.29, 1.82) is 0 Å². The molecule has 11 heteroatoms. The number of carbonyl (C=O) groups is 3. The maximum Gasteiger partial charge on any atom is 0.338 e. The third kappa shape index (κ3) is 4.89. The van der Waals surface area contributed by atoms with Gasteiger partial charge in [0.2, 0.25) is 11.8 Å². The Morgan fingerprint density at radius 3 is 2.46 bits per heavy atom. The molecule has 2 saturated carbocycles. The van der Waals surface area contributed by atoms with E-state index in [1.807, 2.05) is 43.3 Å². The highest BCUT2D eigenvalue weighted by molar-refractivity contribution is 8.00. The lowest BCUT2D eigenvalue weighted by Gasteiger charge is -2.43. The highest BCUT2D eigenvalue weighted by Crippen LogP contribution is 2.68. The smallest absolute Gasteiger partial charge is 0.338 e. The zero-order valence-electron chi connectivity index (χ0n) is 26.6. The van der Waals surface area contributed by atoms with Gasteiger partial charge < -0.3 is 19.2 Å². The topological polar surface area (TPSA) is 115 Å². The molecular weight excluding hydrogens is 649 g/mol. The van der Waals surface area contributed by atoms with E-state index in [2.05, 4.69) is 11.1 Å². The highest BCUT2D eigenvalue weighted by Gasteiger charge is 2.69. The number of thioether (sulfide) groups is 1. The Morgan fingerprint density at radius 2 is 1.73 bits per heavy atom. The van der Waals surface area contributed by atoms with E-state index >= 15 is 0 Å². The Kier molecular flexibility index (Phi) is 7.71. The van der Waals surface area contributed by atoms with Crippen molar-refractivity contribution in [1.82, 2.24) is 4.98 Å². The molecule has 9 nitrogen and oxygen atoms in total. The van der Waals surface area contributed by atoms with Crippen LogP contribution in [0.1, 0.15) is 51.2 Å². The number of aromatic nitrogens is 1. The quantitative estimate of drug-likeness (QED) is 0.173. The lowest BCUT2D eigenvalue weighted by molar-refractivity contribution is -0.123. The first kappa shape index (κ1) is 31.0. The largest absolute Gasteiger partial charge is 0.493 e. The van der Waals surface area contributed by atoms with Crippen LogP contribution in [0.4, 0.5) is 5.69 Å². The van der Waals surface area contributed by atoms with E-state index in [0.29, 0.717) is 29.4 Å². The van der Waals surface area contributed by atoms with Gasteiger partial charge in [0.1, 0.15) is 6.61 Å². The van der Waals surface area contributed by atoms with Crippen LogP contribution in [-0.2, 0) is 20.9 Å². The number of imide groups is 1. The fourth-order valence-electron chi connectivity index (χ4n) is 8.57. The van der Waals surface area contributed by atoms with Crippen LogP contribution < -0.4 is 19.2 Å². The predicted octanol–water partition coefficient (Wildman–Crippen LogP) is 6.19. The average molecular weight is 683 g/mol. The van der Waals surface area contributed by atoms with Crippen molar-refractivity contribution >= 4 is 46.6 Å². The van der Waals surface area contributed by atoms with E-state index in [1.165, 1.54) is 16.2 Å². The Morgan fingerprint density at radius 1 is 0.958 bits per heavy atom. The van der Waals surface area contributed by atoms with Crippen LogP contribution in [0.25, 0.3) is 0 Å². The minimum Gasteiger partial charge on any atom is -0.493 e. The molecule has 2 amide bonds. The van der Waals surface area contributed by atoms with Crippen LogP contribution >= 0.6 is 23.1 Å². The molecule has 4 aromatic rings. The fraction of sp³-hybridized carbons (Fsp3) is 0.351. The fourth-order valence-corrected chi connectivity index (χ4v) is 11.5. The molecule has 0 radical (unpaired) electrons. The molecule has 3 aromatic carbocycles. The zero-order chi connectivity index (χ0) is 33.3. The second-order valence-electron chi connectivity index (χ2n) is 12.9. The molecule has 3 heterocycles. The lowest BCUT2D eigenvalue weighted by Crippen LogP contribution is -2.42.